The highest BCUT2D eigenvalue weighted by Crippen LogP contribution is 2.31. The van der Waals surface area contributed by atoms with Gasteiger partial charge in [-0.05, 0) is 25.0 Å². The van der Waals surface area contributed by atoms with Crippen molar-refractivity contribution in [3.63, 3.8) is 0 Å². The van der Waals surface area contributed by atoms with Crippen LogP contribution in [0.1, 0.15) is 18.9 Å². The first-order valence-electron chi connectivity index (χ1n) is 7.21. The fourth-order valence-electron chi connectivity index (χ4n) is 1.95. The Morgan fingerprint density at radius 2 is 1.83 bits per heavy atom. The maximum atomic E-state index is 11.9. The molecule has 0 aromatic heterocycles. The minimum absolute atomic E-state index is 0.0410. The topological polar surface area (TPSA) is 100 Å². The van der Waals surface area contributed by atoms with Crippen molar-refractivity contribution in [3.05, 3.63) is 23.8 Å². The summed E-state index contributed by atoms with van der Waals surface area (Å²) in [6, 6.07) is 5.34. The van der Waals surface area contributed by atoms with Gasteiger partial charge in [0.25, 0.3) is 5.91 Å². The zero-order valence-electron chi connectivity index (χ0n) is 14.1. The first-order chi connectivity index (χ1) is 11.4. The molecule has 0 radical (unpaired) electrons. The summed E-state index contributed by atoms with van der Waals surface area (Å²) in [5.41, 5.74) is 0.778. The van der Waals surface area contributed by atoms with Gasteiger partial charge in [-0.25, -0.2) is 4.79 Å². The minimum atomic E-state index is -1.11. The summed E-state index contributed by atoms with van der Waals surface area (Å²) in [5.74, 6) is -0.222. The second-order valence-electron chi connectivity index (χ2n) is 4.77. The van der Waals surface area contributed by atoms with Crippen molar-refractivity contribution in [3.8, 4) is 11.5 Å². The summed E-state index contributed by atoms with van der Waals surface area (Å²) >= 11 is 0. The van der Waals surface area contributed by atoms with Crippen LogP contribution in [-0.4, -0.2) is 45.4 Å². The third kappa shape index (κ3) is 5.45. The number of imide groups is 1. The van der Waals surface area contributed by atoms with Gasteiger partial charge in [0.2, 0.25) is 0 Å². The highest BCUT2D eigenvalue weighted by molar-refractivity contribution is 5.94. The zero-order chi connectivity index (χ0) is 18.1. The van der Waals surface area contributed by atoms with Crippen LogP contribution < -0.4 is 14.8 Å². The normalized spacial score (nSPS) is 11.2. The summed E-state index contributed by atoms with van der Waals surface area (Å²) in [6.07, 6.45) is -1.63. The lowest BCUT2D eigenvalue weighted by molar-refractivity contribution is -0.154. The van der Waals surface area contributed by atoms with E-state index in [-0.39, 0.29) is 6.42 Å². The van der Waals surface area contributed by atoms with E-state index in [4.69, 9.17) is 14.2 Å². The lowest BCUT2D eigenvalue weighted by atomic mass is 10.1. The number of carbonyl (C=O) groups excluding carboxylic acids is 3. The van der Waals surface area contributed by atoms with Gasteiger partial charge < -0.3 is 18.9 Å². The summed E-state index contributed by atoms with van der Waals surface area (Å²) in [7, 11) is 4.16. The number of carbonyl (C=O) groups is 3. The minimum Gasteiger partial charge on any atom is -0.493 e. The number of rotatable bonds is 7. The molecule has 1 N–H and O–H groups in total. The molecule has 0 saturated carbocycles. The van der Waals surface area contributed by atoms with Gasteiger partial charge in [-0.3, -0.25) is 14.9 Å². The van der Waals surface area contributed by atoms with Crippen LogP contribution in [0.15, 0.2) is 18.2 Å². The third-order valence-electron chi connectivity index (χ3n) is 3.17. The molecule has 1 aromatic carbocycles. The molecule has 1 rings (SSSR count). The van der Waals surface area contributed by atoms with E-state index in [0.29, 0.717) is 17.9 Å². The van der Waals surface area contributed by atoms with E-state index in [1.54, 1.807) is 12.1 Å². The number of amides is 2. The van der Waals surface area contributed by atoms with E-state index >= 15 is 0 Å². The van der Waals surface area contributed by atoms with Crippen molar-refractivity contribution in [1.29, 1.82) is 0 Å². The Balaban J connectivity index is 2.58. The summed E-state index contributed by atoms with van der Waals surface area (Å²) < 4.78 is 19.7. The van der Waals surface area contributed by atoms with E-state index in [2.05, 4.69) is 4.74 Å². The van der Waals surface area contributed by atoms with Crippen LogP contribution in [0.5, 0.6) is 11.5 Å². The van der Waals surface area contributed by atoms with Crippen molar-refractivity contribution < 1.29 is 33.3 Å². The van der Waals surface area contributed by atoms with Gasteiger partial charge in [0.1, 0.15) is 0 Å². The molecular formula is C16H21NO7. The molecule has 0 bridgehead atoms. The molecule has 0 aliphatic heterocycles. The maximum absolute atomic E-state index is 11.9. The molecule has 1 atom stereocenters. The molecule has 0 aliphatic rings. The number of alkyl carbamates (subject to hydrolysis) is 1. The first kappa shape index (κ1) is 19.3. The Morgan fingerprint density at radius 3 is 2.42 bits per heavy atom. The standard InChI is InChI=1S/C16H21NO7/c1-10(15(19)17-16(20)23-4)24-13(18)9-8-11-6-5-7-12(21-2)14(11)22-3/h5-7,10H,8-9H2,1-4H3,(H,17,19,20)/t10-/m0/s1. The SMILES string of the molecule is COC(=O)NC(=O)[C@H](C)OC(=O)CCc1cccc(OC)c1OC. The van der Waals surface area contributed by atoms with Crippen molar-refractivity contribution in [2.45, 2.75) is 25.9 Å². The van der Waals surface area contributed by atoms with Gasteiger partial charge >= 0.3 is 12.1 Å². The smallest absolute Gasteiger partial charge is 0.413 e. The molecule has 0 saturated heterocycles. The molecule has 132 valence electrons. The molecular weight excluding hydrogens is 318 g/mol. The Bertz CT molecular complexity index is 600. The lowest BCUT2D eigenvalue weighted by Crippen LogP contribution is -2.39. The molecule has 24 heavy (non-hydrogen) atoms. The second kappa shape index (κ2) is 9.39. The van der Waals surface area contributed by atoms with Crippen molar-refractivity contribution >= 4 is 18.0 Å². The molecule has 0 aliphatic carbocycles. The van der Waals surface area contributed by atoms with E-state index in [1.807, 2.05) is 11.4 Å². The number of nitrogens with one attached hydrogen (secondary N) is 1. The highest BCUT2D eigenvalue weighted by Gasteiger charge is 2.20. The molecule has 0 spiro atoms. The molecule has 0 heterocycles. The van der Waals surface area contributed by atoms with Crippen LogP contribution >= 0.6 is 0 Å². The number of benzene rings is 1. The van der Waals surface area contributed by atoms with E-state index in [0.717, 1.165) is 12.7 Å². The van der Waals surface area contributed by atoms with Crippen molar-refractivity contribution in [2.24, 2.45) is 0 Å². The van der Waals surface area contributed by atoms with Crippen LogP contribution in [0, 0.1) is 0 Å². The Kier molecular flexibility index (Phi) is 7.54. The van der Waals surface area contributed by atoms with Crippen molar-refractivity contribution in [1.82, 2.24) is 5.32 Å². The number of hydrogen-bond acceptors (Lipinski definition) is 7. The first-order valence-corrected chi connectivity index (χ1v) is 7.21. The molecule has 0 unspecified atom stereocenters. The average molecular weight is 339 g/mol. The molecule has 1 aromatic rings. The number of para-hydroxylation sites is 1. The lowest BCUT2D eigenvalue weighted by Gasteiger charge is -2.14. The monoisotopic (exact) mass is 339 g/mol. The predicted octanol–water partition coefficient (Wildman–Crippen LogP) is 1.45. The van der Waals surface area contributed by atoms with E-state index in [9.17, 15) is 14.4 Å². The summed E-state index contributed by atoms with van der Waals surface area (Å²) in [4.78, 5) is 34.4. The third-order valence-corrected chi connectivity index (χ3v) is 3.17. The Labute approximate surface area is 140 Å². The van der Waals surface area contributed by atoms with Gasteiger partial charge in [0.05, 0.1) is 21.3 Å². The Hall–Kier alpha value is -2.77. The van der Waals surface area contributed by atoms with Crippen LogP contribution in [0.25, 0.3) is 0 Å². The second-order valence-corrected chi connectivity index (χ2v) is 4.77. The quantitative estimate of drug-likeness (QED) is 0.750. The van der Waals surface area contributed by atoms with Gasteiger partial charge in [-0.15, -0.1) is 0 Å². The molecule has 8 heteroatoms. The number of methoxy groups -OCH3 is 3. The Morgan fingerprint density at radius 1 is 1.12 bits per heavy atom. The number of aryl methyl sites for hydroxylation is 1. The van der Waals surface area contributed by atoms with Gasteiger partial charge in [0.15, 0.2) is 17.6 Å². The zero-order valence-corrected chi connectivity index (χ0v) is 14.1. The van der Waals surface area contributed by atoms with Gasteiger partial charge in [0, 0.05) is 6.42 Å². The summed E-state index contributed by atoms with van der Waals surface area (Å²) in [5, 5.41) is 1.93. The maximum Gasteiger partial charge on any atom is 0.413 e. The largest absolute Gasteiger partial charge is 0.493 e. The number of ether oxygens (including phenoxy) is 4. The van der Waals surface area contributed by atoms with Gasteiger partial charge in [-0.1, -0.05) is 12.1 Å². The van der Waals surface area contributed by atoms with Crippen LogP contribution in [0.3, 0.4) is 0 Å². The van der Waals surface area contributed by atoms with Crippen LogP contribution in [0.4, 0.5) is 4.79 Å². The molecule has 0 fully saturated rings. The van der Waals surface area contributed by atoms with Crippen LogP contribution in [0.2, 0.25) is 0 Å². The van der Waals surface area contributed by atoms with E-state index < -0.39 is 24.1 Å². The molecule has 8 nitrogen and oxygen atoms in total. The van der Waals surface area contributed by atoms with Gasteiger partial charge in [-0.2, -0.15) is 0 Å². The fourth-order valence-corrected chi connectivity index (χ4v) is 1.95. The molecule has 2 amide bonds. The van der Waals surface area contributed by atoms with Crippen molar-refractivity contribution in [2.75, 3.05) is 21.3 Å². The van der Waals surface area contributed by atoms with Crippen LogP contribution in [-0.2, 0) is 25.5 Å². The van der Waals surface area contributed by atoms with E-state index in [1.165, 1.54) is 21.1 Å². The highest BCUT2D eigenvalue weighted by atomic mass is 16.6. The summed E-state index contributed by atoms with van der Waals surface area (Å²) in [6.45, 7) is 1.36. The fraction of sp³-hybridized carbons (Fsp3) is 0.438. The number of esters is 1. The average Bonchev–Trinajstić information content (AvgIpc) is 2.58. The predicted molar refractivity (Wildman–Crippen MR) is 84.0 cm³/mol. The number of hydrogen-bond donors (Lipinski definition) is 1.